The van der Waals surface area contributed by atoms with Crippen LogP contribution < -0.4 is 10.2 Å². The number of carbonyl (C=O) groups excluding carboxylic acids is 1. The zero-order valence-electron chi connectivity index (χ0n) is 14.4. The molecule has 130 valence electrons. The van der Waals surface area contributed by atoms with Gasteiger partial charge in [-0.15, -0.1) is 0 Å². The highest BCUT2D eigenvalue weighted by atomic mass is 16.5. The van der Waals surface area contributed by atoms with Crippen molar-refractivity contribution >= 4 is 11.6 Å². The molecule has 0 unspecified atom stereocenters. The SMILES string of the molecule is C/C(=N/NC(=O)c1cccnc1)c1ccccc1OCc1ccccc1. The predicted molar refractivity (Wildman–Crippen MR) is 101 cm³/mol. The molecule has 0 aliphatic heterocycles. The highest BCUT2D eigenvalue weighted by Gasteiger charge is 2.08. The summed E-state index contributed by atoms with van der Waals surface area (Å²) in [5, 5.41) is 4.20. The average molecular weight is 345 g/mol. The van der Waals surface area contributed by atoms with Crippen molar-refractivity contribution in [1.29, 1.82) is 0 Å². The van der Waals surface area contributed by atoms with Crippen molar-refractivity contribution < 1.29 is 9.53 Å². The molecule has 3 aromatic rings. The molecule has 0 aliphatic rings. The second kappa shape index (κ2) is 8.58. The third-order valence-electron chi connectivity index (χ3n) is 3.76. The minimum absolute atomic E-state index is 0.305. The Morgan fingerprint density at radius 2 is 1.81 bits per heavy atom. The molecule has 1 aromatic heterocycles. The Kier molecular flexibility index (Phi) is 5.72. The average Bonchev–Trinajstić information content (AvgIpc) is 2.72. The van der Waals surface area contributed by atoms with E-state index in [-0.39, 0.29) is 5.91 Å². The van der Waals surface area contributed by atoms with Gasteiger partial charge in [0.25, 0.3) is 5.91 Å². The third-order valence-corrected chi connectivity index (χ3v) is 3.76. The first kappa shape index (κ1) is 17.4. The number of pyridine rings is 1. The molecule has 3 rings (SSSR count). The fourth-order valence-corrected chi connectivity index (χ4v) is 2.38. The molecule has 0 fully saturated rings. The summed E-state index contributed by atoms with van der Waals surface area (Å²) in [4.78, 5) is 16.0. The van der Waals surface area contributed by atoms with Gasteiger partial charge in [-0.1, -0.05) is 42.5 Å². The van der Waals surface area contributed by atoms with Gasteiger partial charge >= 0.3 is 0 Å². The van der Waals surface area contributed by atoms with Crippen LogP contribution in [0.5, 0.6) is 5.75 Å². The Morgan fingerprint density at radius 1 is 1.04 bits per heavy atom. The number of hydrogen-bond acceptors (Lipinski definition) is 4. The number of para-hydroxylation sites is 1. The molecule has 0 saturated heterocycles. The Labute approximate surface area is 152 Å². The molecule has 1 amide bonds. The summed E-state index contributed by atoms with van der Waals surface area (Å²) in [6.07, 6.45) is 3.11. The molecule has 0 spiro atoms. The molecule has 5 heteroatoms. The van der Waals surface area contributed by atoms with Crippen LogP contribution in [0.2, 0.25) is 0 Å². The third kappa shape index (κ3) is 4.54. The number of rotatable bonds is 6. The lowest BCUT2D eigenvalue weighted by Gasteiger charge is -2.11. The van der Waals surface area contributed by atoms with E-state index in [2.05, 4.69) is 15.5 Å². The summed E-state index contributed by atoms with van der Waals surface area (Å²) in [6, 6.07) is 21.0. The monoisotopic (exact) mass is 345 g/mol. The van der Waals surface area contributed by atoms with Gasteiger partial charge in [0.2, 0.25) is 0 Å². The van der Waals surface area contributed by atoms with E-state index in [1.54, 1.807) is 18.3 Å². The van der Waals surface area contributed by atoms with Crippen molar-refractivity contribution in [3.63, 3.8) is 0 Å². The minimum Gasteiger partial charge on any atom is -0.488 e. The fourth-order valence-electron chi connectivity index (χ4n) is 2.38. The maximum Gasteiger partial charge on any atom is 0.272 e. The zero-order valence-corrected chi connectivity index (χ0v) is 14.4. The number of nitrogens with one attached hydrogen (secondary N) is 1. The second-order valence-electron chi connectivity index (χ2n) is 5.65. The van der Waals surface area contributed by atoms with Gasteiger partial charge in [-0.3, -0.25) is 9.78 Å². The molecule has 0 aliphatic carbocycles. The van der Waals surface area contributed by atoms with E-state index in [9.17, 15) is 4.79 Å². The van der Waals surface area contributed by atoms with Crippen molar-refractivity contribution in [2.75, 3.05) is 0 Å². The smallest absolute Gasteiger partial charge is 0.272 e. The van der Waals surface area contributed by atoms with Crippen LogP contribution in [0.15, 0.2) is 84.2 Å². The van der Waals surface area contributed by atoms with E-state index >= 15 is 0 Å². The van der Waals surface area contributed by atoms with Gasteiger partial charge in [-0.25, -0.2) is 5.43 Å². The predicted octanol–water partition coefficient (Wildman–Crippen LogP) is 3.81. The zero-order chi connectivity index (χ0) is 18.2. The number of nitrogens with zero attached hydrogens (tertiary/aromatic N) is 2. The number of aromatic nitrogens is 1. The van der Waals surface area contributed by atoms with E-state index in [1.165, 1.54) is 6.20 Å². The van der Waals surface area contributed by atoms with Gasteiger partial charge in [0.15, 0.2) is 0 Å². The lowest BCUT2D eigenvalue weighted by Crippen LogP contribution is -2.19. The van der Waals surface area contributed by atoms with Crippen molar-refractivity contribution in [3.05, 3.63) is 95.8 Å². The van der Waals surface area contributed by atoms with Crippen LogP contribution in [0.4, 0.5) is 0 Å². The lowest BCUT2D eigenvalue weighted by atomic mass is 10.1. The molecule has 2 aromatic carbocycles. The summed E-state index contributed by atoms with van der Waals surface area (Å²) < 4.78 is 5.93. The first-order valence-electron chi connectivity index (χ1n) is 8.25. The van der Waals surface area contributed by atoms with Crippen LogP contribution in [-0.2, 0) is 6.61 Å². The Balaban J connectivity index is 1.71. The summed E-state index contributed by atoms with van der Waals surface area (Å²) in [7, 11) is 0. The van der Waals surface area contributed by atoms with Gasteiger partial charge < -0.3 is 4.74 Å². The van der Waals surface area contributed by atoms with Crippen molar-refractivity contribution in [3.8, 4) is 5.75 Å². The number of ether oxygens (including phenoxy) is 1. The van der Waals surface area contributed by atoms with E-state index in [4.69, 9.17) is 4.74 Å². The van der Waals surface area contributed by atoms with E-state index in [1.807, 2.05) is 61.5 Å². The van der Waals surface area contributed by atoms with Gasteiger partial charge in [0.05, 0.1) is 11.3 Å². The molecule has 0 atom stereocenters. The highest BCUT2D eigenvalue weighted by Crippen LogP contribution is 2.20. The quantitative estimate of drug-likeness (QED) is 0.546. The Morgan fingerprint density at radius 3 is 2.58 bits per heavy atom. The number of hydrazone groups is 1. The van der Waals surface area contributed by atoms with Crippen LogP contribution in [0.3, 0.4) is 0 Å². The van der Waals surface area contributed by atoms with E-state index in [0.717, 1.165) is 11.1 Å². The molecular weight excluding hydrogens is 326 g/mol. The Bertz CT molecular complexity index is 893. The van der Waals surface area contributed by atoms with E-state index in [0.29, 0.717) is 23.6 Å². The summed E-state index contributed by atoms with van der Waals surface area (Å²) in [5.41, 5.74) is 5.58. The normalized spacial score (nSPS) is 11.0. The summed E-state index contributed by atoms with van der Waals surface area (Å²) >= 11 is 0. The number of benzene rings is 2. The number of carbonyl (C=O) groups is 1. The van der Waals surface area contributed by atoms with Crippen LogP contribution in [0, 0.1) is 0 Å². The number of hydrogen-bond donors (Lipinski definition) is 1. The summed E-state index contributed by atoms with van der Waals surface area (Å²) in [5.74, 6) is 0.411. The molecular formula is C21H19N3O2. The van der Waals surface area contributed by atoms with Gasteiger partial charge in [0.1, 0.15) is 12.4 Å². The molecule has 1 heterocycles. The molecule has 0 saturated carbocycles. The highest BCUT2D eigenvalue weighted by molar-refractivity contribution is 6.02. The number of amides is 1. The van der Waals surface area contributed by atoms with Crippen LogP contribution >= 0.6 is 0 Å². The topological polar surface area (TPSA) is 63.6 Å². The molecule has 0 bridgehead atoms. The largest absolute Gasteiger partial charge is 0.488 e. The Hall–Kier alpha value is -3.47. The fraction of sp³-hybridized carbons (Fsp3) is 0.0952. The van der Waals surface area contributed by atoms with Crippen molar-refractivity contribution in [1.82, 2.24) is 10.4 Å². The van der Waals surface area contributed by atoms with Crippen LogP contribution in [0.1, 0.15) is 28.4 Å². The minimum atomic E-state index is -0.305. The van der Waals surface area contributed by atoms with E-state index < -0.39 is 0 Å². The van der Waals surface area contributed by atoms with Gasteiger partial charge in [0, 0.05) is 18.0 Å². The first-order valence-corrected chi connectivity index (χ1v) is 8.25. The second-order valence-corrected chi connectivity index (χ2v) is 5.65. The molecule has 5 nitrogen and oxygen atoms in total. The molecule has 26 heavy (non-hydrogen) atoms. The van der Waals surface area contributed by atoms with Crippen LogP contribution in [-0.4, -0.2) is 16.6 Å². The maximum absolute atomic E-state index is 12.1. The van der Waals surface area contributed by atoms with Crippen molar-refractivity contribution in [2.45, 2.75) is 13.5 Å². The maximum atomic E-state index is 12.1. The first-order chi connectivity index (χ1) is 12.7. The standard InChI is InChI=1S/C21H19N3O2/c1-16(23-24-21(25)18-10-7-13-22-14-18)19-11-5-6-12-20(19)26-15-17-8-3-2-4-9-17/h2-14H,15H2,1H3,(H,24,25)/b23-16-. The van der Waals surface area contributed by atoms with Crippen molar-refractivity contribution in [2.24, 2.45) is 5.10 Å². The van der Waals surface area contributed by atoms with Crippen LogP contribution in [0.25, 0.3) is 0 Å². The molecule has 0 radical (unpaired) electrons. The lowest BCUT2D eigenvalue weighted by molar-refractivity contribution is 0.0954. The summed E-state index contributed by atoms with van der Waals surface area (Å²) in [6.45, 7) is 2.29. The van der Waals surface area contributed by atoms with Gasteiger partial charge in [-0.05, 0) is 36.8 Å². The molecule has 1 N–H and O–H groups in total. The van der Waals surface area contributed by atoms with Gasteiger partial charge in [-0.2, -0.15) is 5.10 Å².